The van der Waals surface area contributed by atoms with Crippen LogP contribution in [0.1, 0.15) is 18.4 Å². The van der Waals surface area contributed by atoms with Gasteiger partial charge in [0, 0.05) is 11.4 Å². The minimum Gasteiger partial charge on any atom is -0.393 e. The number of rotatable bonds is 4. The third-order valence-corrected chi connectivity index (χ3v) is 2.26. The van der Waals surface area contributed by atoms with Crippen molar-refractivity contribution in [2.45, 2.75) is 25.4 Å². The highest BCUT2D eigenvalue weighted by atomic mass is 35.5. The lowest BCUT2D eigenvalue weighted by Gasteiger charge is -2.08. The van der Waals surface area contributed by atoms with Gasteiger partial charge >= 0.3 is 0 Å². The summed E-state index contributed by atoms with van der Waals surface area (Å²) in [7, 11) is 0. The van der Waals surface area contributed by atoms with Crippen LogP contribution in [0.15, 0.2) is 24.3 Å². The lowest BCUT2D eigenvalue weighted by Crippen LogP contribution is -2.09. The lowest BCUT2D eigenvalue weighted by molar-refractivity contribution is 0.167. The minimum absolute atomic E-state index is 0.354. The van der Waals surface area contributed by atoms with Gasteiger partial charge in [-0.3, -0.25) is 0 Å². The first-order valence-electron chi connectivity index (χ1n) is 4.58. The first kappa shape index (κ1) is 11.1. The van der Waals surface area contributed by atoms with Gasteiger partial charge in [0.25, 0.3) is 0 Å². The Morgan fingerprint density at radius 3 is 2.57 bits per heavy atom. The topological polar surface area (TPSA) is 20.2 Å². The number of aliphatic hydroxyl groups excluding tert-OH is 1. The van der Waals surface area contributed by atoms with Gasteiger partial charge in [0.2, 0.25) is 0 Å². The molecule has 2 heteroatoms. The Balaban J connectivity index is 2.44. The van der Waals surface area contributed by atoms with E-state index in [2.05, 4.69) is 5.92 Å². The van der Waals surface area contributed by atoms with Crippen molar-refractivity contribution >= 4 is 11.6 Å². The van der Waals surface area contributed by atoms with E-state index in [1.165, 1.54) is 0 Å². The Labute approximate surface area is 89.7 Å². The molecule has 1 unspecified atom stereocenters. The molecule has 0 amide bonds. The molecule has 0 aliphatic heterocycles. The molecule has 1 atom stereocenters. The molecule has 1 N–H and O–H groups in total. The maximum Gasteiger partial charge on any atom is 0.0589 e. The van der Waals surface area contributed by atoms with Crippen LogP contribution >= 0.6 is 11.6 Å². The first-order valence-corrected chi connectivity index (χ1v) is 4.96. The zero-order valence-corrected chi connectivity index (χ0v) is 8.67. The van der Waals surface area contributed by atoms with Crippen LogP contribution in [0.5, 0.6) is 0 Å². The van der Waals surface area contributed by atoms with E-state index in [9.17, 15) is 5.11 Å². The molecule has 0 heterocycles. The molecule has 0 saturated carbocycles. The molecule has 1 rings (SSSR count). The second kappa shape index (κ2) is 5.70. The average molecular weight is 209 g/mol. The quantitative estimate of drug-likeness (QED) is 0.755. The predicted molar refractivity (Wildman–Crippen MR) is 59.2 cm³/mol. The summed E-state index contributed by atoms with van der Waals surface area (Å²) in [4.78, 5) is 0. The van der Waals surface area contributed by atoms with Crippen molar-refractivity contribution in [3.8, 4) is 12.3 Å². The Morgan fingerprint density at radius 2 is 2.00 bits per heavy atom. The van der Waals surface area contributed by atoms with Gasteiger partial charge in [0.05, 0.1) is 6.10 Å². The van der Waals surface area contributed by atoms with E-state index >= 15 is 0 Å². The molecule has 1 nitrogen and oxygen atoms in total. The average Bonchev–Trinajstić information content (AvgIpc) is 2.18. The van der Waals surface area contributed by atoms with Crippen molar-refractivity contribution in [3.05, 3.63) is 34.9 Å². The fourth-order valence-electron chi connectivity index (χ4n) is 1.24. The Morgan fingerprint density at radius 1 is 1.36 bits per heavy atom. The van der Waals surface area contributed by atoms with Gasteiger partial charge in [-0.15, -0.1) is 12.3 Å². The summed E-state index contributed by atoms with van der Waals surface area (Å²) in [5.74, 6) is 2.51. The summed E-state index contributed by atoms with van der Waals surface area (Å²) in [6, 6.07) is 7.48. The third kappa shape index (κ3) is 3.83. The largest absolute Gasteiger partial charge is 0.393 e. The summed E-state index contributed by atoms with van der Waals surface area (Å²) in [5.41, 5.74) is 1.08. The van der Waals surface area contributed by atoms with Crippen molar-refractivity contribution < 1.29 is 5.11 Å². The number of halogens is 1. The van der Waals surface area contributed by atoms with Gasteiger partial charge in [-0.1, -0.05) is 23.7 Å². The van der Waals surface area contributed by atoms with Gasteiger partial charge in [0.15, 0.2) is 0 Å². The highest BCUT2D eigenvalue weighted by Gasteiger charge is 2.04. The van der Waals surface area contributed by atoms with Crippen LogP contribution < -0.4 is 0 Å². The lowest BCUT2D eigenvalue weighted by atomic mass is 10.0. The van der Waals surface area contributed by atoms with E-state index < -0.39 is 0 Å². The van der Waals surface area contributed by atoms with Gasteiger partial charge in [-0.2, -0.15) is 0 Å². The summed E-state index contributed by atoms with van der Waals surface area (Å²) in [6.45, 7) is 0. The molecule has 0 bridgehead atoms. The molecule has 74 valence electrons. The molecular weight excluding hydrogens is 196 g/mol. The molecule has 0 aromatic heterocycles. The van der Waals surface area contributed by atoms with Crippen molar-refractivity contribution in [1.82, 2.24) is 0 Å². The van der Waals surface area contributed by atoms with Crippen molar-refractivity contribution in [1.29, 1.82) is 0 Å². The van der Waals surface area contributed by atoms with Gasteiger partial charge in [-0.25, -0.2) is 0 Å². The van der Waals surface area contributed by atoms with E-state index in [1.807, 2.05) is 24.3 Å². The van der Waals surface area contributed by atoms with Crippen LogP contribution in [0, 0.1) is 12.3 Å². The molecule has 0 aliphatic rings. The standard InChI is InChI=1S/C12H13ClO/c1-2-3-4-12(14)9-10-5-7-11(13)8-6-10/h1,5-8,12,14H,3-4,9H2. The molecule has 14 heavy (non-hydrogen) atoms. The molecule has 1 aromatic rings. The summed E-state index contributed by atoms with van der Waals surface area (Å²) < 4.78 is 0. The van der Waals surface area contributed by atoms with Crippen LogP contribution in [0.4, 0.5) is 0 Å². The van der Waals surface area contributed by atoms with Gasteiger partial charge in [-0.05, 0) is 30.5 Å². The number of aliphatic hydroxyl groups is 1. The fourth-order valence-corrected chi connectivity index (χ4v) is 1.37. The second-order valence-electron chi connectivity index (χ2n) is 3.23. The van der Waals surface area contributed by atoms with Crippen LogP contribution in [0.3, 0.4) is 0 Å². The Kier molecular flexibility index (Phi) is 4.52. The van der Waals surface area contributed by atoms with Gasteiger partial charge < -0.3 is 5.11 Å². The zero-order chi connectivity index (χ0) is 10.4. The zero-order valence-electron chi connectivity index (χ0n) is 7.91. The SMILES string of the molecule is C#CCCC(O)Cc1ccc(Cl)cc1. The molecule has 0 fully saturated rings. The molecule has 0 spiro atoms. The Hall–Kier alpha value is -0.970. The van der Waals surface area contributed by atoms with Crippen molar-refractivity contribution in [2.75, 3.05) is 0 Å². The van der Waals surface area contributed by atoms with Crippen molar-refractivity contribution in [2.24, 2.45) is 0 Å². The fraction of sp³-hybridized carbons (Fsp3) is 0.333. The number of hydrogen-bond acceptors (Lipinski definition) is 1. The number of hydrogen-bond donors (Lipinski definition) is 1. The monoisotopic (exact) mass is 208 g/mol. The third-order valence-electron chi connectivity index (χ3n) is 2.01. The minimum atomic E-state index is -0.354. The van der Waals surface area contributed by atoms with Crippen molar-refractivity contribution in [3.63, 3.8) is 0 Å². The van der Waals surface area contributed by atoms with Crippen LogP contribution in [-0.4, -0.2) is 11.2 Å². The van der Waals surface area contributed by atoms with E-state index in [0.29, 0.717) is 24.3 Å². The van der Waals surface area contributed by atoms with E-state index in [1.54, 1.807) is 0 Å². The predicted octanol–water partition coefficient (Wildman–Crippen LogP) is 2.66. The maximum atomic E-state index is 9.57. The van der Waals surface area contributed by atoms with E-state index in [0.717, 1.165) is 5.56 Å². The molecule has 1 aromatic carbocycles. The maximum absolute atomic E-state index is 9.57. The molecule has 0 radical (unpaired) electrons. The number of benzene rings is 1. The first-order chi connectivity index (χ1) is 6.72. The van der Waals surface area contributed by atoms with E-state index in [4.69, 9.17) is 18.0 Å². The normalized spacial score (nSPS) is 12.1. The Bertz CT molecular complexity index is 310. The highest BCUT2D eigenvalue weighted by Crippen LogP contribution is 2.12. The second-order valence-corrected chi connectivity index (χ2v) is 3.66. The smallest absolute Gasteiger partial charge is 0.0589 e. The van der Waals surface area contributed by atoms with Gasteiger partial charge in [0.1, 0.15) is 0 Å². The van der Waals surface area contributed by atoms with Crippen LogP contribution in [0.25, 0.3) is 0 Å². The molecular formula is C12H13ClO. The molecule has 0 saturated heterocycles. The summed E-state index contributed by atoms with van der Waals surface area (Å²) >= 11 is 5.74. The summed E-state index contributed by atoms with van der Waals surface area (Å²) in [6.07, 6.45) is 6.67. The highest BCUT2D eigenvalue weighted by molar-refractivity contribution is 6.30. The van der Waals surface area contributed by atoms with Crippen LogP contribution in [-0.2, 0) is 6.42 Å². The molecule has 0 aliphatic carbocycles. The van der Waals surface area contributed by atoms with E-state index in [-0.39, 0.29) is 6.10 Å². The van der Waals surface area contributed by atoms with Crippen LogP contribution in [0.2, 0.25) is 5.02 Å². The summed E-state index contributed by atoms with van der Waals surface area (Å²) in [5, 5.41) is 10.3. The number of terminal acetylenes is 1.